The highest BCUT2D eigenvalue weighted by Crippen LogP contribution is 2.34. The highest BCUT2D eigenvalue weighted by molar-refractivity contribution is 5.86. The van der Waals surface area contributed by atoms with Crippen LogP contribution in [-0.2, 0) is 15.1 Å². The van der Waals surface area contributed by atoms with E-state index in [-0.39, 0.29) is 6.61 Å². The second kappa shape index (κ2) is 4.68. The van der Waals surface area contributed by atoms with E-state index < -0.39 is 17.6 Å². The highest BCUT2D eigenvalue weighted by atomic mass is 16.6. The molecule has 1 aliphatic heterocycles. The van der Waals surface area contributed by atoms with Crippen LogP contribution in [-0.4, -0.2) is 35.2 Å². The first-order valence-corrected chi connectivity index (χ1v) is 5.86. The number of hydrogen-bond donors (Lipinski definition) is 1. The summed E-state index contributed by atoms with van der Waals surface area (Å²) in [6.07, 6.45) is -0.273. The quantitative estimate of drug-likeness (QED) is 0.884. The summed E-state index contributed by atoms with van der Waals surface area (Å²) in [4.78, 5) is 24.7. The van der Waals surface area contributed by atoms with E-state index in [0.29, 0.717) is 18.5 Å². The van der Waals surface area contributed by atoms with E-state index in [9.17, 15) is 14.7 Å². The molecule has 1 amide bonds. The van der Waals surface area contributed by atoms with Crippen LogP contribution >= 0.6 is 0 Å². The molecule has 5 nitrogen and oxygen atoms in total. The Balaban J connectivity index is 2.53. The van der Waals surface area contributed by atoms with Crippen molar-refractivity contribution < 1.29 is 19.4 Å². The fourth-order valence-corrected chi connectivity index (χ4v) is 2.39. The Morgan fingerprint density at radius 1 is 1.44 bits per heavy atom. The van der Waals surface area contributed by atoms with Gasteiger partial charge in [0.1, 0.15) is 6.61 Å². The van der Waals surface area contributed by atoms with Gasteiger partial charge in [0.25, 0.3) is 0 Å². The molecule has 1 unspecified atom stereocenters. The number of amides is 1. The van der Waals surface area contributed by atoms with Crippen molar-refractivity contribution in [3.05, 3.63) is 35.9 Å². The molecule has 1 aliphatic rings. The minimum atomic E-state index is -1.34. The van der Waals surface area contributed by atoms with Crippen molar-refractivity contribution in [1.29, 1.82) is 0 Å². The summed E-state index contributed by atoms with van der Waals surface area (Å²) in [5.41, 5.74) is -0.742. The first-order valence-electron chi connectivity index (χ1n) is 5.86. The average Bonchev–Trinajstić information content (AvgIpc) is 2.79. The van der Waals surface area contributed by atoms with Crippen molar-refractivity contribution in [2.75, 3.05) is 13.2 Å². The number of carbonyl (C=O) groups excluding carboxylic acids is 1. The number of nitrogens with zero attached hydrogens (tertiary/aromatic N) is 1. The maximum Gasteiger partial charge on any atom is 0.411 e. The van der Waals surface area contributed by atoms with Crippen LogP contribution in [0, 0.1) is 0 Å². The minimum Gasteiger partial charge on any atom is -0.479 e. The number of cyclic esters (lactones) is 1. The fourth-order valence-electron chi connectivity index (χ4n) is 2.39. The Hall–Kier alpha value is -2.04. The van der Waals surface area contributed by atoms with Crippen molar-refractivity contribution >= 4 is 12.1 Å². The Labute approximate surface area is 105 Å². The first kappa shape index (κ1) is 12.4. The molecular weight excluding hydrogens is 234 g/mol. The van der Waals surface area contributed by atoms with Crippen LogP contribution in [0.5, 0.6) is 0 Å². The first-order chi connectivity index (χ1) is 8.63. The Bertz CT molecular complexity index is 459. The van der Waals surface area contributed by atoms with E-state index in [1.807, 2.05) is 6.07 Å². The van der Waals surface area contributed by atoms with Crippen molar-refractivity contribution in [3.63, 3.8) is 0 Å². The summed E-state index contributed by atoms with van der Waals surface area (Å²) in [7, 11) is 0. The molecule has 1 aromatic rings. The lowest BCUT2D eigenvalue weighted by Crippen LogP contribution is -2.52. The second-order valence-corrected chi connectivity index (χ2v) is 4.15. The molecule has 0 bridgehead atoms. The zero-order valence-electron chi connectivity index (χ0n) is 10.1. The number of ether oxygens (including phenoxy) is 1. The Morgan fingerprint density at radius 2 is 2.11 bits per heavy atom. The smallest absolute Gasteiger partial charge is 0.411 e. The van der Waals surface area contributed by atoms with Crippen LogP contribution < -0.4 is 0 Å². The molecule has 96 valence electrons. The molecular formula is C13H15NO4. The monoisotopic (exact) mass is 249 g/mol. The van der Waals surface area contributed by atoms with E-state index >= 15 is 0 Å². The van der Waals surface area contributed by atoms with E-state index in [4.69, 9.17) is 4.74 Å². The highest BCUT2D eigenvalue weighted by Gasteiger charge is 2.49. The summed E-state index contributed by atoms with van der Waals surface area (Å²) >= 11 is 0. The molecule has 0 radical (unpaired) electrons. The number of hydrogen-bond acceptors (Lipinski definition) is 3. The normalized spacial score (nSPS) is 18.3. The predicted molar refractivity (Wildman–Crippen MR) is 64.1 cm³/mol. The lowest BCUT2D eigenvalue weighted by Gasteiger charge is -2.36. The summed E-state index contributed by atoms with van der Waals surface area (Å²) < 4.78 is 4.87. The van der Waals surface area contributed by atoms with Crippen LogP contribution in [0.4, 0.5) is 4.79 Å². The van der Waals surface area contributed by atoms with Crippen LogP contribution in [0.2, 0.25) is 0 Å². The summed E-state index contributed by atoms with van der Waals surface area (Å²) in [5, 5.41) is 9.61. The van der Waals surface area contributed by atoms with Crippen LogP contribution in [0.3, 0.4) is 0 Å². The van der Waals surface area contributed by atoms with Gasteiger partial charge in [0, 0.05) is 0 Å². The summed E-state index contributed by atoms with van der Waals surface area (Å²) in [6.45, 7) is 2.29. The SMILES string of the molecule is CCC(C(=O)O)(c1ccccc1)N1CCOC1=O. The van der Waals surface area contributed by atoms with Gasteiger partial charge in [-0.1, -0.05) is 37.3 Å². The fraction of sp³-hybridized carbons (Fsp3) is 0.385. The number of aliphatic carboxylic acids is 1. The van der Waals surface area contributed by atoms with Gasteiger partial charge < -0.3 is 9.84 Å². The maximum absolute atomic E-state index is 11.7. The zero-order valence-corrected chi connectivity index (χ0v) is 10.1. The third kappa shape index (κ3) is 1.72. The van der Waals surface area contributed by atoms with Crippen LogP contribution in [0.15, 0.2) is 30.3 Å². The summed E-state index contributed by atoms with van der Waals surface area (Å²) in [5.74, 6) is -1.03. The van der Waals surface area contributed by atoms with Gasteiger partial charge in [0.05, 0.1) is 6.54 Å². The molecule has 1 aromatic carbocycles. The van der Waals surface area contributed by atoms with Gasteiger partial charge in [-0.25, -0.2) is 9.59 Å². The van der Waals surface area contributed by atoms with E-state index in [1.165, 1.54) is 4.90 Å². The van der Waals surface area contributed by atoms with Gasteiger partial charge in [-0.05, 0) is 12.0 Å². The van der Waals surface area contributed by atoms with E-state index in [1.54, 1.807) is 31.2 Å². The van der Waals surface area contributed by atoms with Gasteiger partial charge in [-0.2, -0.15) is 0 Å². The third-order valence-corrected chi connectivity index (χ3v) is 3.34. The summed E-state index contributed by atoms with van der Waals surface area (Å²) in [6, 6.07) is 8.80. The number of benzene rings is 1. The van der Waals surface area contributed by atoms with Crippen molar-refractivity contribution in [2.24, 2.45) is 0 Å². The number of rotatable bonds is 4. The molecule has 1 saturated heterocycles. The third-order valence-electron chi connectivity index (χ3n) is 3.34. The molecule has 18 heavy (non-hydrogen) atoms. The van der Waals surface area contributed by atoms with Gasteiger partial charge in [-0.3, -0.25) is 4.90 Å². The maximum atomic E-state index is 11.7. The van der Waals surface area contributed by atoms with E-state index in [2.05, 4.69) is 0 Å². The molecule has 5 heteroatoms. The van der Waals surface area contributed by atoms with Gasteiger partial charge in [0.2, 0.25) is 0 Å². The van der Waals surface area contributed by atoms with Gasteiger partial charge in [-0.15, -0.1) is 0 Å². The molecule has 0 saturated carbocycles. The lowest BCUT2D eigenvalue weighted by atomic mass is 9.85. The average molecular weight is 249 g/mol. The molecule has 2 rings (SSSR count). The standard InChI is InChI=1S/C13H15NO4/c1-2-13(11(15)16,10-6-4-3-5-7-10)14-8-9-18-12(14)17/h3-7H,2,8-9H2,1H3,(H,15,16). The molecule has 0 aromatic heterocycles. The molecule has 1 atom stereocenters. The van der Waals surface area contributed by atoms with Gasteiger partial charge >= 0.3 is 12.1 Å². The lowest BCUT2D eigenvalue weighted by molar-refractivity contribution is -0.150. The Kier molecular flexibility index (Phi) is 3.23. The molecule has 1 heterocycles. The second-order valence-electron chi connectivity index (χ2n) is 4.15. The van der Waals surface area contributed by atoms with Crippen LogP contribution in [0.1, 0.15) is 18.9 Å². The number of carbonyl (C=O) groups is 2. The molecule has 0 spiro atoms. The molecule has 1 N–H and O–H groups in total. The number of carboxylic acid groups (broad SMARTS) is 1. The number of carboxylic acids is 1. The largest absolute Gasteiger partial charge is 0.479 e. The zero-order chi connectivity index (χ0) is 13.2. The molecule has 0 aliphatic carbocycles. The van der Waals surface area contributed by atoms with Crippen molar-refractivity contribution in [3.8, 4) is 0 Å². The topological polar surface area (TPSA) is 66.8 Å². The molecule has 1 fully saturated rings. The van der Waals surface area contributed by atoms with Gasteiger partial charge in [0.15, 0.2) is 5.54 Å². The Morgan fingerprint density at radius 3 is 2.56 bits per heavy atom. The van der Waals surface area contributed by atoms with Crippen molar-refractivity contribution in [1.82, 2.24) is 4.90 Å². The minimum absolute atomic E-state index is 0.237. The van der Waals surface area contributed by atoms with E-state index in [0.717, 1.165) is 0 Å². The van der Waals surface area contributed by atoms with Crippen molar-refractivity contribution in [2.45, 2.75) is 18.9 Å². The predicted octanol–water partition coefficient (Wildman–Crippen LogP) is 1.83. The van der Waals surface area contributed by atoms with Crippen LogP contribution in [0.25, 0.3) is 0 Å².